The molecule has 4 rings (SSSR count). The molecule has 1 heterocycles. The molecular weight excluding hydrogens is 346 g/mol. The molecule has 3 heteroatoms. The van der Waals surface area contributed by atoms with Crippen molar-refractivity contribution < 1.29 is 9.84 Å². The Hall–Kier alpha value is -2.10. The molecule has 0 spiro atoms. The van der Waals surface area contributed by atoms with Gasteiger partial charge in [0.15, 0.2) is 0 Å². The van der Waals surface area contributed by atoms with Crippen molar-refractivity contribution in [3.63, 3.8) is 0 Å². The highest BCUT2D eigenvalue weighted by atomic mass is 16.5. The molecule has 0 bridgehead atoms. The van der Waals surface area contributed by atoms with Gasteiger partial charge in [0.1, 0.15) is 5.75 Å². The minimum absolute atomic E-state index is 0.190. The summed E-state index contributed by atoms with van der Waals surface area (Å²) in [4.78, 5) is 2.53. The van der Waals surface area contributed by atoms with E-state index in [1.54, 1.807) is 7.11 Å². The molecule has 1 saturated carbocycles. The van der Waals surface area contributed by atoms with Crippen molar-refractivity contribution in [2.45, 2.75) is 43.7 Å². The maximum atomic E-state index is 11.4. The normalized spacial score (nSPS) is 28.2. The Kier molecular flexibility index (Phi) is 5.84. The lowest BCUT2D eigenvalue weighted by Crippen LogP contribution is -2.54. The maximum Gasteiger partial charge on any atom is 0.123 e. The zero-order valence-corrected chi connectivity index (χ0v) is 16.8. The van der Waals surface area contributed by atoms with Gasteiger partial charge in [0.25, 0.3) is 0 Å². The van der Waals surface area contributed by atoms with Crippen LogP contribution in [-0.2, 0) is 0 Å². The number of piperidine rings is 1. The van der Waals surface area contributed by atoms with Gasteiger partial charge in [-0.05, 0) is 30.9 Å². The van der Waals surface area contributed by atoms with E-state index in [4.69, 9.17) is 4.74 Å². The zero-order valence-electron chi connectivity index (χ0n) is 16.8. The first-order chi connectivity index (χ1) is 13.7. The van der Waals surface area contributed by atoms with Gasteiger partial charge in [-0.3, -0.25) is 4.90 Å². The summed E-state index contributed by atoms with van der Waals surface area (Å²) in [5.41, 5.74) is 1.90. The molecule has 0 aromatic heterocycles. The summed E-state index contributed by atoms with van der Waals surface area (Å²) in [6, 6.07) is 19.0. The Bertz CT molecular complexity index is 803. The van der Waals surface area contributed by atoms with Crippen LogP contribution >= 0.6 is 0 Å². The molecule has 1 N–H and O–H groups in total. The Morgan fingerprint density at radius 2 is 1.86 bits per heavy atom. The molecule has 2 aromatic rings. The molecule has 0 amide bonds. The zero-order chi connectivity index (χ0) is 19.4. The quantitative estimate of drug-likeness (QED) is 0.789. The Morgan fingerprint density at radius 1 is 1.07 bits per heavy atom. The van der Waals surface area contributed by atoms with Crippen molar-refractivity contribution >= 4 is 6.08 Å². The average molecular weight is 378 g/mol. The highest BCUT2D eigenvalue weighted by Crippen LogP contribution is 2.50. The van der Waals surface area contributed by atoms with E-state index in [1.165, 1.54) is 17.5 Å². The molecule has 1 saturated heterocycles. The summed E-state index contributed by atoms with van der Waals surface area (Å²) in [5.74, 6) is 1.19. The second-order valence-electron chi connectivity index (χ2n) is 8.20. The fraction of sp³-hybridized carbons (Fsp3) is 0.440. The predicted octanol–water partition coefficient (Wildman–Crippen LogP) is 5.08. The van der Waals surface area contributed by atoms with Gasteiger partial charge in [-0.1, -0.05) is 73.5 Å². The molecule has 0 radical (unpaired) electrons. The number of para-hydroxylation sites is 1. The van der Waals surface area contributed by atoms with Crippen molar-refractivity contribution in [2.75, 3.05) is 20.2 Å². The van der Waals surface area contributed by atoms with Crippen molar-refractivity contribution in [3.05, 3.63) is 71.8 Å². The molecule has 148 valence electrons. The minimum Gasteiger partial charge on any atom is -0.496 e. The SMILES string of the molecule is COc1ccccc1[C@H]1C2CCCCC2(O)CCN1CC=Cc1ccccc1. The standard InChI is InChI=1S/C25H31NO2/c1-28-23-15-6-5-13-21(23)24-22-14-7-8-16-25(22,27)17-19-26(24)18-9-12-20-10-3-2-4-11-20/h2-6,9-13,15,22,24,27H,7-8,14,16-19H2,1H3/t22?,24-,25?/m0/s1. The highest BCUT2D eigenvalue weighted by Gasteiger charge is 2.49. The van der Waals surface area contributed by atoms with Gasteiger partial charge >= 0.3 is 0 Å². The minimum atomic E-state index is -0.538. The Labute approximate surface area is 168 Å². The van der Waals surface area contributed by atoms with Crippen LogP contribution in [0.4, 0.5) is 0 Å². The number of fused-ring (bicyclic) bond motifs is 1. The lowest BCUT2D eigenvalue weighted by Gasteiger charge is -2.52. The van der Waals surface area contributed by atoms with Crippen molar-refractivity contribution in [3.8, 4) is 5.75 Å². The number of hydrogen-bond donors (Lipinski definition) is 1. The third-order valence-corrected chi connectivity index (χ3v) is 6.58. The molecule has 2 fully saturated rings. The van der Waals surface area contributed by atoms with Crippen LogP contribution in [-0.4, -0.2) is 35.8 Å². The first-order valence-electron chi connectivity index (χ1n) is 10.5. The monoisotopic (exact) mass is 377 g/mol. The van der Waals surface area contributed by atoms with E-state index < -0.39 is 5.60 Å². The van der Waals surface area contributed by atoms with Crippen molar-refractivity contribution in [1.29, 1.82) is 0 Å². The van der Waals surface area contributed by atoms with Gasteiger partial charge in [-0.15, -0.1) is 0 Å². The molecular formula is C25H31NO2. The van der Waals surface area contributed by atoms with E-state index in [2.05, 4.69) is 53.5 Å². The van der Waals surface area contributed by atoms with Gasteiger partial charge < -0.3 is 9.84 Å². The molecule has 2 unspecified atom stereocenters. The van der Waals surface area contributed by atoms with E-state index in [-0.39, 0.29) is 12.0 Å². The van der Waals surface area contributed by atoms with Crippen LogP contribution in [0.2, 0.25) is 0 Å². The van der Waals surface area contributed by atoms with Crippen LogP contribution in [0.3, 0.4) is 0 Å². The molecule has 3 atom stereocenters. The number of nitrogens with zero attached hydrogens (tertiary/aromatic N) is 1. The number of rotatable bonds is 5. The van der Waals surface area contributed by atoms with Crippen LogP contribution in [0.15, 0.2) is 60.7 Å². The molecule has 2 aliphatic rings. The summed E-state index contributed by atoms with van der Waals surface area (Å²) in [7, 11) is 1.74. The second-order valence-corrected chi connectivity index (χ2v) is 8.20. The van der Waals surface area contributed by atoms with Gasteiger partial charge in [-0.2, -0.15) is 0 Å². The third kappa shape index (κ3) is 3.87. The van der Waals surface area contributed by atoms with Crippen molar-refractivity contribution in [1.82, 2.24) is 4.90 Å². The summed E-state index contributed by atoms with van der Waals surface area (Å²) < 4.78 is 5.71. The molecule has 3 nitrogen and oxygen atoms in total. The van der Waals surface area contributed by atoms with E-state index in [0.717, 1.165) is 44.5 Å². The van der Waals surface area contributed by atoms with Gasteiger partial charge in [0.05, 0.1) is 12.7 Å². The van der Waals surface area contributed by atoms with E-state index in [9.17, 15) is 5.11 Å². The first kappa shape index (κ1) is 19.2. The summed E-state index contributed by atoms with van der Waals surface area (Å²) >= 11 is 0. The number of hydrogen-bond acceptors (Lipinski definition) is 3. The van der Waals surface area contributed by atoms with Crippen LogP contribution in [0.5, 0.6) is 5.75 Å². The Balaban J connectivity index is 1.63. The molecule has 2 aromatic carbocycles. The van der Waals surface area contributed by atoms with Gasteiger partial charge in [0, 0.05) is 30.6 Å². The number of methoxy groups -OCH3 is 1. The second kappa shape index (κ2) is 8.50. The van der Waals surface area contributed by atoms with Crippen LogP contribution < -0.4 is 4.74 Å². The summed E-state index contributed by atoms with van der Waals surface area (Å²) in [6.45, 7) is 1.79. The van der Waals surface area contributed by atoms with Gasteiger partial charge in [0.2, 0.25) is 0 Å². The maximum absolute atomic E-state index is 11.4. The van der Waals surface area contributed by atoms with Crippen molar-refractivity contribution in [2.24, 2.45) is 5.92 Å². The molecule has 1 aliphatic heterocycles. The first-order valence-corrected chi connectivity index (χ1v) is 10.5. The highest BCUT2D eigenvalue weighted by molar-refractivity contribution is 5.49. The molecule has 1 aliphatic carbocycles. The largest absolute Gasteiger partial charge is 0.496 e. The average Bonchev–Trinajstić information content (AvgIpc) is 2.74. The van der Waals surface area contributed by atoms with E-state index in [0.29, 0.717) is 0 Å². The fourth-order valence-electron chi connectivity index (χ4n) is 5.16. The molecule has 28 heavy (non-hydrogen) atoms. The lowest BCUT2D eigenvalue weighted by atomic mass is 9.66. The van der Waals surface area contributed by atoms with Crippen LogP contribution in [0, 0.1) is 5.92 Å². The fourth-order valence-corrected chi connectivity index (χ4v) is 5.16. The third-order valence-electron chi connectivity index (χ3n) is 6.58. The number of ether oxygens (including phenoxy) is 1. The summed E-state index contributed by atoms with van der Waals surface area (Å²) in [5, 5.41) is 11.4. The Morgan fingerprint density at radius 3 is 2.68 bits per heavy atom. The van der Waals surface area contributed by atoms with E-state index in [1.807, 2.05) is 18.2 Å². The smallest absolute Gasteiger partial charge is 0.123 e. The number of benzene rings is 2. The van der Waals surface area contributed by atoms with Crippen LogP contribution in [0.1, 0.15) is 49.3 Å². The summed E-state index contributed by atoms with van der Waals surface area (Å²) in [6.07, 6.45) is 9.66. The lowest BCUT2D eigenvalue weighted by molar-refractivity contribution is -0.122. The van der Waals surface area contributed by atoms with E-state index >= 15 is 0 Å². The van der Waals surface area contributed by atoms with Crippen LogP contribution in [0.25, 0.3) is 6.08 Å². The topological polar surface area (TPSA) is 32.7 Å². The van der Waals surface area contributed by atoms with Gasteiger partial charge in [-0.25, -0.2) is 0 Å². The number of likely N-dealkylation sites (tertiary alicyclic amines) is 1. The predicted molar refractivity (Wildman–Crippen MR) is 114 cm³/mol. The number of aliphatic hydroxyl groups is 1.